The summed E-state index contributed by atoms with van der Waals surface area (Å²) in [6.07, 6.45) is 12.2. The number of nitrogens with zero attached hydrogens (tertiary/aromatic N) is 1. The fourth-order valence-electron chi connectivity index (χ4n) is 7.03. The van der Waals surface area contributed by atoms with E-state index in [2.05, 4.69) is 54.5 Å². The molecule has 0 aromatic heterocycles. The van der Waals surface area contributed by atoms with Crippen LogP contribution in [0.4, 0.5) is 4.79 Å². The van der Waals surface area contributed by atoms with Crippen LogP contribution in [-0.4, -0.2) is 82.7 Å². The summed E-state index contributed by atoms with van der Waals surface area (Å²) >= 11 is 1.81. The number of terminal acetylenes is 1. The first-order valence-electron chi connectivity index (χ1n) is 16.3. The van der Waals surface area contributed by atoms with Gasteiger partial charge in [0.2, 0.25) is 17.6 Å². The van der Waals surface area contributed by atoms with E-state index in [1.54, 1.807) is 16.7 Å². The number of ketones is 1. The normalized spacial score (nSPS) is 24.2. The van der Waals surface area contributed by atoms with Gasteiger partial charge < -0.3 is 26.2 Å². The van der Waals surface area contributed by atoms with E-state index in [1.165, 1.54) is 6.08 Å². The molecule has 5 atom stereocenters. The molecule has 0 spiro atoms. The molecule has 11 heteroatoms. The Morgan fingerprint density at radius 1 is 1.11 bits per heavy atom. The Morgan fingerprint density at radius 2 is 1.78 bits per heavy atom. The summed E-state index contributed by atoms with van der Waals surface area (Å²) in [6, 6.07) is -3.25. The fourth-order valence-corrected chi connectivity index (χ4v) is 7.99. The van der Waals surface area contributed by atoms with Gasteiger partial charge in [0, 0.05) is 25.3 Å². The zero-order valence-electron chi connectivity index (χ0n) is 27.9. The van der Waals surface area contributed by atoms with Crippen LogP contribution in [0.2, 0.25) is 0 Å². The van der Waals surface area contributed by atoms with E-state index in [0.717, 1.165) is 43.6 Å². The monoisotopic (exact) mass is 643 g/mol. The number of Topliss-reactive ketones (excluding diaryl/α,β-unsaturated/α-hetero) is 1. The number of thioether (sulfide) groups is 1. The average Bonchev–Trinajstić information content (AvgIpc) is 3.29. The molecule has 0 bridgehead atoms. The number of urea groups is 1. The third-order valence-corrected chi connectivity index (χ3v) is 10.9. The number of fused-ring (bicyclic) bond motifs is 1. The molecule has 45 heavy (non-hydrogen) atoms. The second-order valence-electron chi connectivity index (χ2n) is 14.4. The van der Waals surface area contributed by atoms with Crippen molar-refractivity contribution in [2.45, 2.75) is 110 Å². The summed E-state index contributed by atoms with van der Waals surface area (Å²) in [6.45, 7) is 15.9. The van der Waals surface area contributed by atoms with Crippen LogP contribution >= 0.6 is 11.8 Å². The van der Waals surface area contributed by atoms with Gasteiger partial charge in [0.15, 0.2) is 0 Å². The van der Waals surface area contributed by atoms with Crippen LogP contribution in [0.3, 0.4) is 0 Å². The van der Waals surface area contributed by atoms with Crippen molar-refractivity contribution in [2.75, 3.05) is 24.6 Å². The summed E-state index contributed by atoms with van der Waals surface area (Å²) in [7, 11) is 0. The van der Waals surface area contributed by atoms with Gasteiger partial charge in [-0.1, -0.05) is 66.9 Å². The number of hydrogen-bond donors (Lipinski definition) is 4. The van der Waals surface area contributed by atoms with Gasteiger partial charge in [-0.15, -0.1) is 18.9 Å². The van der Waals surface area contributed by atoms with Crippen molar-refractivity contribution in [1.82, 2.24) is 26.2 Å². The molecule has 3 aliphatic rings. The Balaban J connectivity index is 1.82. The second-order valence-corrected chi connectivity index (χ2v) is 15.7. The van der Waals surface area contributed by atoms with Crippen molar-refractivity contribution in [3.63, 3.8) is 0 Å². The van der Waals surface area contributed by atoms with Crippen molar-refractivity contribution < 1.29 is 24.0 Å². The molecule has 1 saturated heterocycles. The summed E-state index contributed by atoms with van der Waals surface area (Å²) in [5.41, 5.74) is -1.14. The van der Waals surface area contributed by atoms with Crippen LogP contribution in [0.5, 0.6) is 0 Å². The highest BCUT2D eigenvalue weighted by atomic mass is 32.2. The molecule has 10 nitrogen and oxygen atoms in total. The summed E-state index contributed by atoms with van der Waals surface area (Å²) < 4.78 is 0. The van der Waals surface area contributed by atoms with E-state index >= 15 is 0 Å². The molecule has 0 aromatic carbocycles. The number of piperidine rings is 1. The zero-order valence-corrected chi connectivity index (χ0v) is 28.7. The highest BCUT2D eigenvalue weighted by molar-refractivity contribution is 7.99. The Kier molecular flexibility index (Phi) is 12.2. The lowest BCUT2D eigenvalue weighted by Crippen LogP contribution is -2.63. The molecule has 0 radical (unpaired) electrons. The molecular formula is C34H53N5O5S. The Hall–Kier alpha value is -3.00. The summed E-state index contributed by atoms with van der Waals surface area (Å²) in [5.74, 6) is 1.75. The molecule has 1 unspecified atom stereocenters. The number of carbonyl (C=O) groups is 5. The summed E-state index contributed by atoms with van der Waals surface area (Å²) in [4.78, 5) is 68.8. The number of hydrogen-bond acceptors (Lipinski definition) is 6. The quantitative estimate of drug-likeness (QED) is 0.130. The summed E-state index contributed by atoms with van der Waals surface area (Å²) in [5, 5.41) is 11.5. The Labute approximate surface area is 273 Å². The van der Waals surface area contributed by atoms with Gasteiger partial charge in [-0.05, 0) is 47.7 Å². The maximum atomic E-state index is 14.3. The Morgan fingerprint density at radius 3 is 2.36 bits per heavy atom. The van der Waals surface area contributed by atoms with Crippen molar-refractivity contribution >= 4 is 41.3 Å². The third-order valence-electron chi connectivity index (χ3n) is 9.76. The second kappa shape index (κ2) is 15.1. The standard InChI is InChI=1S/C34H53N5O5S/c1-9-12-16-23(26(40)29(42)35-19-10-2)36-28(41)25-24-22(33(24,7)8)20-39(25)30(43)27(32(4,5)6)37-31(44)38-34(21-45-11-3)17-14-13-15-18-34/h1,10,22-25,27H,2,11-21H2,3-8H3,(H,35,42)(H,36,41)(H2,37,38,44)/t22-,23?,24-,25-,27+/m0/s1. The number of carbonyl (C=O) groups excluding carboxylic acids is 5. The van der Waals surface area contributed by atoms with Crippen LogP contribution in [0.15, 0.2) is 12.7 Å². The van der Waals surface area contributed by atoms with Crippen LogP contribution in [-0.2, 0) is 19.2 Å². The minimum absolute atomic E-state index is 0.0884. The van der Waals surface area contributed by atoms with Gasteiger partial charge in [-0.25, -0.2) is 4.79 Å². The first kappa shape index (κ1) is 36.5. The SMILES string of the molecule is C#CCCC(NC(=O)[C@@H]1[C@@H]2[C@H](CN1C(=O)[C@@H](NC(=O)NC1(CSCC)CCCCC1)C(C)(C)C)C2(C)C)C(=O)C(=O)NCC=C. The predicted octanol–water partition coefficient (Wildman–Crippen LogP) is 3.41. The fraction of sp³-hybridized carbons (Fsp3) is 0.735. The van der Waals surface area contributed by atoms with E-state index in [0.29, 0.717) is 6.54 Å². The lowest BCUT2D eigenvalue weighted by atomic mass is 9.83. The molecule has 0 aromatic rings. The van der Waals surface area contributed by atoms with Crippen LogP contribution in [0.1, 0.15) is 86.5 Å². The van der Waals surface area contributed by atoms with Crippen LogP contribution < -0.4 is 21.3 Å². The maximum Gasteiger partial charge on any atom is 0.315 e. The van der Waals surface area contributed by atoms with Gasteiger partial charge in [-0.3, -0.25) is 19.2 Å². The van der Waals surface area contributed by atoms with Gasteiger partial charge in [0.05, 0.1) is 11.6 Å². The number of nitrogens with one attached hydrogen (secondary N) is 4. The highest BCUT2D eigenvalue weighted by Crippen LogP contribution is 2.65. The lowest BCUT2D eigenvalue weighted by molar-refractivity contribution is -0.145. The van der Waals surface area contributed by atoms with Gasteiger partial charge in [-0.2, -0.15) is 11.8 Å². The minimum atomic E-state index is -1.13. The topological polar surface area (TPSA) is 137 Å². The lowest BCUT2D eigenvalue weighted by Gasteiger charge is -2.40. The number of rotatable bonds is 14. The van der Waals surface area contributed by atoms with E-state index < -0.39 is 41.1 Å². The van der Waals surface area contributed by atoms with Crippen molar-refractivity contribution in [1.29, 1.82) is 0 Å². The molecule has 3 rings (SSSR count). The van der Waals surface area contributed by atoms with E-state index in [9.17, 15) is 24.0 Å². The molecule has 4 N–H and O–H groups in total. The maximum absolute atomic E-state index is 14.3. The molecule has 1 heterocycles. The van der Waals surface area contributed by atoms with Gasteiger partial charge in [0.1, 0.15) is 12.1 Å². The molecule has 2 aliphatic carbocycles. The van der Waals surface area contributed by atoms with Gasteiger partial charge >= 0.3 is 6.03 Å². The van der Waals surface area contributed by atoms with E-state index in [1.807, 2.05) is 20.8 Å². The number of likely N-dealkylation sites (tertiary alicyclic amines) is 1. The van der Waals surface area contributed by atoms with Crippen molar-refractivity contribution in [2.24, 2.45) is 22.7 Å². The molecule has 5 amide bonds. The van der Waals surface area contributed by atoms with Crippen LogP contribution in [0, 0.1) is 35.0 Å². The first-order valence-corrected chi connectivity index (χ1v) is 17.4. The van der Waals surface area contributed by atoms with Gasteiger partial charge in [0.25, 0.3) is 5.91 Å². The molecular weight excluding hydrogens is 590 g/mol. The van der Waals surface area contributed by atoms with Crippen LogP contribution in [0.25, 0.3) is 0 Å². The minimum Gasteiger partial charge on any atom is -0.346 e. The van der Waals surface area contributed by atoms with E-state index in [4.69, 9.17) is 6.42 Å². The first-order chi connectivity index (χ1) is 21.1. The van der Waals surface area contributed by atoms with Crippen molar-refractivity contribution in [3.05, 3.63) is 12.7 Å². The molecule has 1 aliphatic heterocycles. The third kappa shape index (κ3) is 8.63. The zero-order chi connectivity index (χ0) is 33.6. The predicted molar refractivity (Wildman–Crippen MR) is 178 cm³/mol. The molecule has 3 fully saturated rings. The Bertz CT molecular complexity index is 1180. The van der Waals surface area contributed by atoms with Crippen molar-refractivity contribution in [3.8, 4) is 12.3 Å². The average molecular weight is 644 g/mol. The molecule has 2 saturated carbocycles. The van der Waals surface area contributed by atoms with E-state index in [-0.39, 0.29) is 54.1 Å². The highest BCUT2D eigenvalue weighted by Gasteiger charge is 2.70. The smallest absolute Gasteiger partial charge is 0.315 e. The molecule has 250 valence electrons. The largest absolute Gasteiger partial charge is 0.346 e. The number of amides is 5.